The van der Waals surface area contributed by atoms with Gasteiger partial charge in [0.05, 0.1) is 29.9 Å². The SMILES string of the molecule is CCN(CC)CC.CCOC(=O)c1cnc(Cl)nc1.CCOC(=O)c1cnc(N2CCN(c3ncc4c(n3)CCCC4)CC2)nc1.O=C(O)c1cnc(N2CCN(c3ncc4c(n3)CCCC4)CC2)nc1.[Li+].[OH-].c1nc(N2CCNCC2)nc2c1CCCC2. The Kier molecular flexibility index (Phi) is 29.4. The molecule has 6 aliphatic rings. The maximum atomic E-state index is 11.7. The molecule has 28 heteroatoms. The average Bonchev–Trinajstić information content (AvgIpc) is 1.99. The number of rotatable bonds is 13. The molecule has 0 radical (unpaired) electrons. The van der Waals surface area contributed by atoms with Crippen LogP contribution in [0, 0.1) is 0 Å². The molecule has 0 atom stereocenters. The van der Waals surface area contributed by atoms with Crippen molar-refractivity contribution in [2.24, 2.45) is 0 Å². The number of nitrogens with zero attached hydrogens (tertiary/aromatic N) is 18. The van der Waals surface area contributed by atoms with Crippen LogP contribution in [0.2, 0.25) is 5.28 Å². The van der Waals surface area contributed by atoms with Crippen LogP contribution < -0.4 is 48.7 Å². The molecule has 3 saturated heterocycles. The van der Waals surface area contributed by atoms with Crippen molar-refractivity contribution in [3.05, 3.63) is 112 Å². The number of hydrogen-bond donors (Lipinski definition) is 2. The maximum Gasteiger partial charge on any atom is 1.00 e. The normalized spacial score (nSPS) is 15.7. The molecule has 0 spiro atoms. The van der Waals surface area contributed by atoms with Gasteiger partial charge in [-0.05, 0) is 139 Å². The molecule has 0 bridgehead atoms. The van der Waals surface area contributed by atoms with Crippen LogP contribution in [0.3, 0.4) is 0 Å². The molecule has 26 nitrogen and oxygen atoms in total. The second kappa shape index (κ2) is 37.0. The van der Waals surface area contributed by atoms with E-state index in [-0.39, 0.29) is 35.2 Å². The summed E-state index contributed by atoms with van der Waals surface area (Å²) in [6, 6.07) is 0. The molecule has 9 heterocycles. The van der Waals surface area contributed by atoms with Gasteiger partial charge in [-0.3, -0.25) is 0 Å². The number of aromatic nitrogens is 12. The molecule has 3 N–H and O–H groups in total. The van der Waals surface area contributed by atoms with Gasteiger partial charge in [0.25, 0.3) is 0 Å². The quantitative estimate of drug-likeness (QED) is 0.0953. The first-order valence-corrected chi connectivity index (χ1v) is 31.3. The van der Waals surface area contributed by atoms with E-state index in [1.165, 1.54) is 129 Å². The van der Waals surface area contributed by atoms with E-state index in [1.807, 2.05) is 18.6 Å². The smallest absolute Gasteiger partial charge is 0.870 e. The van der Waals surface area contributed by atoms with Gasteiger partial charge in [0.1, 0.15) is 0 Å². The van der Waals surface area contributed by atoms with Crippen molar-refractivity contribution >= 4 is 59.3 Å². The number of carboxylic acid groups (broad SMARTS) is 1. The van der Waals surface area contributed by atoms with Gasteiger partial charge in [-0.1, -0.05) is 20.8 Å². The summed E-state index contributed by atoms with van der Waals surface area (Å²) in [6.45, 7) is 24.8. The Morgan fingerprint density at radius 1 is 0.449 bits per heavy atom. The van der Waals surface area contributed by atoms with E-state index < -0.39 is 17.9 Å². The number of carboxylic acids is 1. The number of carbonyl (C=O) groups excluding carboxylic acids is 2. The molecule has 3 aliphatic carbocycles. The zero-order chi connectivity index (χ0) is 61.3. The van der Waals surface area contributed by atoms with Crippen molar-refractivity contribution < 1.29 is 53.3 Å². The van der Waals surface area contributed by atoms with E-state index in [4.69, 9.17) is 41.1 Å². The zero-order valence-electron chi connectivity index (χ0n) is 52.6. The number of esters is 2. The van der Waals surface area contributed by atoms with Crippen molar-refractivity contribution in [3.8, 4) is 0 Å². The number of piperazine rings is 3. The number of ether oxygens (including phenoxy) is 2. The third-order valence-corrected chi connectivity index (χ3v) is 15.9. The van der Waals surface area contributed by atoms with E-state index >= 15 is 0 Å². The second-order valence-corrected chi connectivity index (χ2v) is 21.7. The third-order valence-electron chi connectivity index (χ3n) is 15.8. The Morgan fingerprint density at radius 2 is 0.742 bits per heavy atom. The summed E-state index contributed by atoms with van der Waals surface area (Å²) in [5, 5.41) is 12.4. The molecule has 12 rings (SSSR count). The van der Waals surface area contributed by atoms with E-state index in [0.29, 0.717) is 36.2 Å². The largest absolute Gasteiger partial charge is 1.00 e. The van der Waals surface area contributed by atoms with Crippen molar-refractivity contribution in [2.45, 2.75) is 112 Å². The predicted octanol–water partition coefficient (Wildman–Crippen LogP) is 3.07. The summed E-state index contributed by atoms with van der Waals surface area (Å²) in [5.74, 6) is 1.93. The average molecular weight is 1240 g/mol. The molecular weight excluding hydrogens is 1150 g/mol. The van der Waals surface area contributed by atoms with Crippen LogP contribution in [0.15, 0.2) is 55.8 Å². The molecule has 0 amide bonds. The van der Waals surface area contributed by atoms with Crippen LogP contribution in [0.25, 0.3) is 0 Å². The van der Waals surface area contributed by atoms with Crippen molar-refractivity contribution in [2.75, 3.05) is 136 Å². The molecule has 474 valence electrons. The van der Waals surface area contributed by atoms with Gasteiger partial charge >= 0.3 is 36.8 Å². The maximum absolute atomic E-state index is 11.7. The van der Waals surface area contributed by atoms with E-state index in [9.17, 15) is 14.4 Å². The van der Waals surface area contributed by atoms with Crippen LogP contribution in [0.4, 0.5) is 29.7 Å². The van der Waals surface area contributed by atoms with Gasteiger partial charge in [-0.2, -0.15) is 0 Å². The summed E-state index contributed by atoms with van der Waals surface area (Å²) in [7, 11) is 0. The van der Waals surface area contributed by atoms with E-state index in [2.05, 4.69) is 100 Å². The number of aryl methyl sites for hydroxylation is 6. The first-order valence-electron chi connectivity index (χ1n) is 30.9. The first kappa shape index (κ1) is 70.7. The monoisotopic (exact) mass is 1240 g/mol. The minimum atomic E-state index is -1.01. The van der Waals surface area contributed by atoms with Crippen LogP contribution >= 0.6 is 11.6 Å². The summed E-state index contributed by atoms with van der Waals surface area (Å²) in [5.41, 5.74) is 8.45. The van der Waals surface area contributed by atoms with Gasteiger partial charge in [-0.15, -0.1) is 0 Å². The fourth-order valence-electron chi connectivity index (χ4n) is 10.6. The Labute approximate surface area is 539 Å². The Morgan fingerprint density at radius 3 is 1.06 bits per heavy atom. The summed E-state index contributed by atoms with van der Waals surface area (Å²) in [6.07, 6.45) is 28.5. The molecule has 6 aromatic rings. The molecule has 0 unspecified atom stereocenters. The zero-order valence-corrected chi connectivity index (χ0v) is 53.3. The fraction of sp³-hybridized carbons (Fsp3) is 0.557. The minimum absolute atomic E-state index is 0. The Balaban J connectivity index is 0.000000188. The van der Waals surface area contributed by atoms with Crippen LogP contribution in [-0.4, -0.2) is 205 Å². The van der Waals surface area contributed by atoms with Crippen LogP contribution in [0.5, 0.6) is 0 Å². The number of halogens is 1. The summed E-state index contributed by atoms with van der Waals surface area (Å²) >= 11 is 5.42. The third kappa shape index (κ3) is 20.9. The molecule has 89 heavy (non-hydrogen) atoms. The van der Waals surface area contributed by atoms with Crippen molar-refractivity contribution in [1.82, 2.24) is 70.0 Å². The fourth-order valence-corrected chi connectivity index (χ4v) is 10.7. The van der Waals surface area contributed by atoms with Crippen LogP contribution in [-0.2, 0) is 48.0 Å². The molecule has 0 aromatic carbocycles. The molecular formula is C61H85ClLiN19O7. The molecule has 6 aromatic heterocycles. The van der Waals surface area contributed by atoms with Crippen molar-refractivity contribution in [3.63, 3.8) is 0 Å². The Hall–Kier alpha value is -7.34. The second-order valence-electron chi connectivity index (χ2n) is 21.4. The van der Waals surface area contributed by atoms with Crippen LogP contribution in [0.1, 0.15) is 138 Å². The predicted molar refractivity (Wildman–Crippen MR) is 335 cm³/mol. The number of hydrogen-bond acceptors (Lipinski definition) is 25. The van der Waals surface area contributed by atoms with Gasteiger partial charge in [0.2, 0.25) is 35.0 Å². The molecule has 3 fully saturated rings. The molecule has 3 aliphatic heterocycles. The topological polar surface area (TPSA) is 306 Å². The number of nitrogens with one attached hydrogen (secondary N) is 1. The van der Waals surface area contributed by atoms with Gasteiger partial charge in [-0.25, -0.2) is 74.2 Å². The minimum Gasteiger partial charge on any atom is -0.870 e. The summed E-state index contributed by atoms with van der Waals surface area (Å²) < 4.78 is 9.67. The summed E-state index contributed by atoms with van der Waals surface area (Å²) in [4.78, 5) is 99.0. The molecule has 0 saturated carbocycles. The number of fused-ring (bicyclic) bond motifs is 3. The van der Waals surface area contributed by atoms with Gasteiger partial charge in [0, 0.05) is 151 Å². The standard InChI is InChI=1S/C19H24N6O2.C17H20N6O2.C12H18N4.C7H7ClN2O2.C6H15N.Li.H2O/c1-2-27-17(26)15-12-20-18(21-13-15)24-7-9-25(10-8-24)19-22-11-14-5-3-4-6-16(14)23-19;24-15(25)13-10-18-16(19-11-13)22-5-7-23(8-6-22)17-20-9-12-3-1-2-4-14(12)21-17;1-2-4-11-10(3-1)9-14-12(15-11)16-7-5-13-6-8-16;1-2-12-6(11)5-3-9-7(8)10-4-5;1-4-7(5-2)6-3;;/h11-13H,2-10H2,1H3;9-11H,1-8H2,(H,24,25);9,13H,1-8H2;3-4H,2H2,1H3;4-6H2,1-3H3;;1H2/q;;;;;+1;/p-1. The van der Waals surface area contributed by atoms with E-state index in [1.54, 1.807) is 13.8 Å². The first-order chi connectivity index (χ1) is 42.5. The number of carbonyl (C=O) groups is 3. The van der Waals surface area contributed by atoms with Crippen molar-refractivity contribution in [1.29, 1.82) is 0 Å². The van der Waals surface area contributed by atoms with Gasteiger partial charge < -0.3 is 54.8 Å². The van der Waals surface area contributed by atoms with E-state index in [0.717, 1.165) is 135 Å². The Bertz CT molecular complexity index is 3110. The number of aromatic carboxylic acids is 1. The number of anilines is 5. The van der Waals surface area contributed by atoms with Gasteiger partial charge in [0.15, 0.2) is 0 Å².